The molecular weight excluding hydrogens is 214 g/mol. The van der Waals surface area contributed by atoms with Gasteiger partial charge in [0.25, 0.3) is 0 Å². The minimum atomic E-state index is -0.0741. The first-order valence-electron chi connectivity index (χ1n) is 6.83. The van der Waals surface area contributed by atoms with Gasteiger partial charge in [0.05, 0.1) is 0 Å². The number of carbonyl (C=O) groups excluding carboxylic acids is 1. The molecule has 0 aromatic rings. The summed E-state index contributed by atoms with van der Waals surface area (Å²) in [4.78, 5) is 13.9. The van der Waals surface area contributed by atoms with Crippen LogP contribution >= 0.6 is 0 Å². The van der Waals surface area contributed by atoms with Gasteiger partial charge < -0.3 is 16.0 Å². The smallest absolute Gasteiger partial charge is 0.224 e. The summed E-state index contributed by atoms with van der Waals surface area (Å²) in [5.74, 6) is -0.000434. The molecule has 17 heavy (non-hydrogen) atoms. The van der Waals surface area contributed by atoms with Crippen LogP contribution in [0.25, 0.3) is 0 Å². The van der Waals surface area contributed by atoms with E-state index in [0.29, 0.717) is 12.6 Å². The van der Waals surface area contributed by atoms with E-state index in [9.17, 15) is 4.79 Å². The van der Waals surface area contributed by atoms with Gasteiger partial charge in [-0.05, 0) is 19.9 Å². The van der Waals surface area contributed by atoms with Crippen LogP contribution in [0.5, 0.6) is 0 Å². The third-order valence-electron chi connectivity index (χ3n) is 3.76. The maximum atomic E-state index is 11.5. The number of hydrogen-bond acceptors (Lipinski definition) is 3. The standard InChI is InChI=1S/C13H27N3O/c1-11(10-14)13(17)15-8-9-16(2)12-6-4-3-5-7-12/h11-12H,3-10,14H2,1-2H3,(H,15,17). The number of amides is 1. The molecule has 1 aliphatic rings. The largest absolute Gasteiger partial charge is 0.355 e. The zero-order valence-electron chi connectivity index (χ0n) is 11.2. The normalized spacial score (nSPS) is 19.3. The second-order valence-electron chi connectivity index (χ2n) is 5.20. The highest BCUT2D eigenvalue weighted by Crippen LogP contribution is 2.21. The number of likely N-dealkylation sites (N-methyl/N-ethyl adjacent to an activating group) is 1. The number of carbonyl (C=O) groups is 1. The van der Waals surface area contributed by atoms with Crippen molar-refractivity contribution in [3.05, 3.63) is 0 Å². The molecule has 0 bridgehead atoms. The van der Waals surface area contributed by atoms with Gasteiger partial charge in [-0.3, -0.25) is 4.79 Å². The van der Waals surface area contributed by atoms with Gasteiger partial charge in [-0.25, -0.2) is 0 Å². The zero-order valence-corrected chi connectivity index (χ0v) is 11.2. The highest BCUT2D eigenvalue weighted by atomic mass is 16.1. The Bertz CT molecular complexity index is 227. The molecule has 1 atom stereocenters. The van der Waals surface area contributed by atoms with E-state index in [1.807, 2.05) is 6.92 Å². The quantitative estimate of drug-likeness (QED) is 0.728. The van der Waals surface area contributed by atoms with Crippen molar-refractivity contribution in [3.63, 3.8) is 0 Å². The fourth-order valence-electron chi connectivity index (χ4n) is 2.34. The molecule has 0 spiro atoms. The lowest BCUT2D eigenvalue weighted by atomic mass is 9.94. The van der Waals surface area contributed by atoms with Crippen molar-refractivity contribution < 1.29 is 4.79 Å². The van der Waals surface area contributed by atoms with Crippen molar-refractivity contribution in [2.45, 2.75) is 45.1 Å². The third kappa shape index (κ3) is 5.04. The summed E-state index contributed by atoms with van der Waals surface area (Å²) in [5, 5.41) is 2.94. The van der Waals surface area contributed by atoms with Crippen LogP contribution in [0.2, 0.25) is 0 Å². The van der Waals surface area contributed by atoms with Crippen LogP contribution in [-0.2, 0) is 4.79 Å². The molecule has 3 N–H and O–H groups in total. The van der Waals surface area contributed by atoms with Gasteiger partial charge in [0, 0.05) is 31.6 Å². The molecular formula is C13H27N3O. The van der Waals surface area contributed by atoms with Crippen LogP contribution in [-0.4, -0.2) is 43.5 Å². The Morgan fingerprint density at radius 1 is 1.41 bits per heavy atom. The van der Waals surface area contributed by atoms with Crippen molar-refractivity contribution in [2.24, 2.45) is 11.7 Å². The van der Waals surface area contributed by atoms with Crippen LogP contribution in [0.1, 0.15) is 39.0 Å². The molecule has 1 rings (SSSR count). The van der Waals surface area contributed by atoms with Gasteiger partial charge in [0.1, 0.15) is 0 Å². The van der Waals surface area contributed by atoms with Crippen molar-refractivity contribution in [2.75, 3.05) is 26.7 Å². The molecule has 0 aromatic heterocycles. The molecule has 4 nitrogen and oxygen atoms in total. The molecule has 1 saturated carbocycles. The third-order valence-corrected chi connectivity index (χ3v) is 3.76. The van der Waals surface area contributed by atoms with Crippen LogP contribution in [0.15, 0.2) is 0 Å². The van der Waals surface area contributed by atoms with Gasteiger partial charge in [-0.1, -0.05) is 26.2 Å². The Labute approximate surface area is 105 Å². The van der Waals surface area contributed by atoms with Gasteiger partial charge in [0.15, 0.2) is 0 Å². The monoisotopic (exact) mass is 241 g/mol. The summed E-state index contributed by atoms with van der Waals surface area (Å²) < 4.78 is 0. The molecule has 0 aromatic carbocycles. The Hall–Kier alpha value is -0.610. The molecule has 1 amide bonds. The van der Waals surface area contributed by atoms with E-state index in [4.69, 9.17) is 5.73 Å². The lowest BCUT2D eigenvalue weighted by molar-refractivity contribution is -0.124. The Morgan fingerprint density at radius 2 is 2.06 bits per heavy atom. The average molecular weight is 241 g/mol. The first-order chi connectivity index (χ1) is 8.15. The minimum Gasteiger partial charge on any atom is -0.355 e. The second kappa shape index (κ2) is 7.67. The van der Waals surface area contributed by atoms with Crippen molar-refractivity contribution >= 4 is 5.91 Å². The van der Waals surface area contributed by atoms with E-state index in [1.165, 1.54) is 32.1 Å². The number of nitrogens with two attached hydrogens (primary N) is 1. The Kier molecular flexibility index (Phi) is 6.52. The average Bonchev–Trinajstić information content (AvgIpc) is 2.38. The number of rotatable bonds is 6. The molecule has 1 unspecified atom stereocenters. The fourth-order valence-corrected chi connectivity index (χ4v) is 2.34. The predicted molar refractivity (Wildman–Crippen MR) is 70.7 cm³/mol. The zero-order chi connectivity index (χ0) is 12.7. The van der Waals surface area contributed by atoms with Crippen LogP contribution in [0.3, 0.4) is 0 Å². The number of hydrogen-bond donors (Lipinski definition) is 2. The van der Waals surface area contributed by atoms with Crippen LogP contribution in [0.4, 0.5) is 0 Å². The highest BCUT2D eigenvalue weighted by molar-refractivity contribution is 5.78. The highest BCUT2D eigenvalue weighted by Gasteiger charge is 2.17. The van der Waals surface area contributed by atoms with E-state index in [0.717, 1.165) is 13.1 Å². The molecule has 1 aliphatic carbocycles. The molecule has 4 heteroatoms. The SMILES string of the molecule is CC(CN)C(=O)NCCN(C)C1CCCCC1. The minimum absolute atomic E-state index is 0.0737. The second-order valence-corrected chi connectivity index (χ2v) is 5.20. The Morgan fingerprint density at radius 3 is 2.65 bits per heavy atom. The maximum Gasteiger partial charge on any atom is 0.224 e. The van der Waals surface area contributed by atoms with E-state index in [2.05, 4.69) is 17.3 Å². The predicted octanol–water partition coefficient (Wildman–Crippen LogP) is 0.962. The van der Waals surface area contributed by atoms with Gasteiger partial charge >= 0.3 is 0 Å². The van der Waals surface area contributed by atoms with E-state index < -0.39 is 0 Å². The summed E-state index contributed by atoms with van der Waals surface area (Å²) in [7, 11) is 2.16. The molecule has 0 radical (unpaired) electrons. The van der Waals surface area contributed by atoms with Gasteiger partial charge in [-0.2, -0.15) is 0 Å². The molecule has 1 fully saturated rings. The van der Waals surface area contributed by atoms with E-state index >= 15 is 0 Å². The van der Waals surface area contributed by atoms with Crippen LogP contribution < -0.4 is 11.1 Å². The Balaban J connectivity index is 2.14. The summed E-state index contributed by atoms with van der Waals surface area (Å²) in [6.07, 6.45) is 6.71. The molecule has 0 heterocycles. The lowest BCUT2D eigenvalue weighted by Gasteiger charge is -2.31. The van der Waals surface area contributed by atoms with Gasteiger partial charge in [-0.15, -0.1) is 0 Å². The summed E-state index contributed by atoms with van der Waals surface area (Å²) in [5.41, 5.74) is 5.45. The molecule has 0 aliphatic heterocycles. The van der Waals surface area contributed by atoms with E-state index in [-0.39, 0.29) is 11.8 Å². The summed E-state index contributed by atoms with van der Waals surface area (Å²) >= 11 is 0. The van der Waals surface area contributed by atoms with Crippen molar-refractivity contribution in [1.29, 1.82) is 0 Å². The summed E-state index contributed by atoms with van der Waals surface area (Å²) in [6, 6.07) is 0.715. The number of nitrogens with one attached hydrogen (secondary N) is 1. The van der Waals surface area contributed by atoms with Crippen LogP contribution in [0, 0.1) is 5.92 Å². The molecule has 100 valence electrons. The first kappa shape index (κ1) is 14.5. The maximum absolute atomic E-state index is 11.5. The van der Waals surface area contributed by atoms with Crippen molar-refractivity contribution in [1.82, 2.24) is 10.2 Å². The molecule has 0 saturated heterocycles. The topological polar surface area (TPSA) is 58.4 Å². The first-order valence-corrected chi connectivity index (χ1v) is 6.83. The van der Waals surface area contributed by atoms with E-state index in [1.54, 1.807) is 0 Å². The number of nitrogens with zero attached hydrogens (tertiary/aromatic N) is 1. The summed E-state index contributed by atoms with van der Waals surface area (Å²) in [6.45, 7) is 3.95. The van der Waals surface area contributed by atoms with Crippen molar-refractivity contribution in [3.8, 4) is 0 Å². The fraction of sp³-hybridized carbons (Fsp3) is 0.923. The lowest BCUT2D eigenvalue weighted by Crippen LogP contribution is -2.41. The van der Waals surface area contributed by atoms with Gasteiger partial charge in [0.2, 0.25) is 5.91 Å².